The molecule has 0 atom stereocenters. The molecule has 2 N–H and O–H groups in total. The topological polar surface area (TPSA) is 81.6 Å². The number of rotatable bonds is 5. The molecule has 0 bridgehead atoms. The van der Waals surface area contributed by atoms with E-state index in [1.165, 1.54) is 6.07 Å². The van der Waals surface area contributed by atoms with Crippen molar-refractivity contribution >= 4 is 17.1 Å². The smallest absolute Gasteiger partial charge is 0.315 e. The Bertz CT molecular complexity index is 641. The Hall–Kier alpha value is -2.76. The summed E-state index contributed by atoms with van der Waals surface area (Å²) in [7, 11) is 3.41. The standard InChI is InChI=1S/C15H17N3O3/c1-17(10-11-6-8-12(21-2)9-7-11)14-5-3-4-13(16)15(14)18(19)20/h3-9H,10,16H2,1-2H3. The molecule has 6 nitrogen and oxygen atoms in total. The first-order valence-electron chi connectivity index (χ1n) is 6.40. The molecule has 2 aromatic carbocycles. The highest BCUT2D eigenvalue weighted by molar-refractivity contribution is 5.75. The fourth-order valence-electron chi connectivity index (χ4n) is 2.15. The van der Waals surface area contributed by atoms with Crippen molar-refractivity contribution in [3.05, 3.63) is 58.1 Å². The fourth-order valence-corrected chi connectivity index (χ4v) is 2.15. The molecule has 0 aliphatic carbocycles. The summed E-state index contributed by atoms with van der Waals surface area (Å²) in [6.45, 7) is 0.536. The Labute approximate surface area is 122 Å². The molecule has 0 aliphatic heterocycles. The summed E-state index contributed by atoms with van der Waals surface area (Å²) in [6.07, 6.45) is 0. The summed E-state index contributed by atoms with van der Waals surface area (Å²) in [4.78, 5) is 12.5. The highest BCUT2D eigenvalue weighted by Crippen LogP contribution is 2.33. The summed E-state index contributed by atoms with van der Waals surface area (Å²) in [6, 6.07) is 12.5. The van der Waals surface area contributed by atoms with Crippen molar-refractivity contribution in [1.29, 1.82) is 0 Å². The third-order valence-corrected chi connectivity index (χ3v) is 3.22. The molecule has 0 saturated heterocycles. The number of nitro groups is 1. The first kappa shape index (κ1) is 14.6. The summed E-state index contributed by atoms with van der Waals surface area (Å²) in [5.41, 5.74) is 7.33. The molecule has 0 unspecified atom stereocenters. The number of benzene rings is 2. The molecule has 0 heterocycles. The molecule has 0 aromatic heterocycles. The second-order valence-corrected chi connectivity index (χ2v) is 4.68. The quantitative estimate of drug-likeness (QED) is 0.519. The van der Waals surface area contributed by atoms with Crippen molar-refractivity contribution < 1.29 is 9.66 Å². The first-order valence-corrected chi connectivity index (χ1v) is 6.40. The molecule has 6 heteroatoms. The largest absolute Gasteiger partial charge is 0.497 e. The van der Waals surface area contributed by atoms with Crippen molar-refractivity contribution in [2.75, 3.05) is 24.8 Å². The van der Waals surface area contributed by atoms with Gasteiger partial charge in [-0.25, -0.2) is 0 Å². The van der Waals surface area contributed by atoms with E-state index in [9.17, 15) is 10.1 Å². The number of hydrogen-bond donors (Lipinski definition) is 1. The molecule has 110 valence electrons. The maximum Gasteiger partial charge on any atom is 0.315 e. The van der Waals surface area contributed by atoms with Gasteiger partial charge in [0.15, 0.2) is 0 Å². The van der Waals surface area contributed by atoms with E-state index in [-0.39, 0.29) is 11.4 Å². The van der Waals surface area contributed by atoms with E-state index < -0.39 is 4.92 Å². The Balaban J connectivity index is 2.25. The van der Waals surface area contributed by atoms with Crippen molar-refractivity contribution in [3.8, 4) is 5.75 Å². The van der Waals surface area contributed by atoms with Gasteiger partial charge in [-0.2, -0.15) is 0 Å². The van der Waals surface area contributed by atoms with Crippen LogP contribution in [-0.2, 0) is 6.54 Å². The van der Waals surface area contributed by atoms with E-state index in [1.54, 1.807) is 31.2 Å². The molecule has 0 radical (unpaired) electrons. The van der Waals surface area contributed by atoms with Gasteiger partial charge in [0.05, 0.1) is 12.0 Å². The number of nitrogens with zero attached hydrogens (tertiary/aromatic N) is 2. The molecular formula is C15H17N3O3. The van der Waals surface area contributed by atoms with E-state index in [0.717, 1.165) is 11.3 Å². The van der Waals surface area contributed by atoms with E-state index in [4.69, 9.17) is 10.5 Å². The Morgan fingerprint density at radius 2 is 1.90 bits per heavy atom. The molecule has 2 rings (SSSR count). The van der Waals surface area contributed by atoms with Crippen LogP contribution >= 0.6 is 0 Å². The summed E-state index contributed by atoms with van der Waals surface area (Å²) in [5.74, 6) is 0.774. The lowest BCUT2D eigenvalue weighted by molar-refractivity contribution is -0.383. The number of para-hydroxylation sites is 1. The van der Waals surface area contributed by atoms with Gasteiger partial charge >= 0.3 is 5.69 Å². The number of nitrogens with two attached hydrogens (primary N) is 1. The zero-order valence-electron chi connectivity index (χ0n) is 11.9. The van der Waals surface area contributed by atoms with Gasteiger partial charge in [-0.1, -0.05) is 18.2 Å². The van der Waals surface area contributed by atoms with Crippen molar-refractivity contribution in [1.82, 2.24) is 0 Å². The normalized spacial score (nSPS) is 10.2. The average molecular weight is 287 g/mol. The molecule has 0 saturated carbocycles. The van der Waals surface area contributed by atoms with Gasteiger partial charge in [-0.15, -0.1) is 0 Å². The van der Waals surface area contributed by atoms with Crippen molar-refractivity contribution in [3.63, 3.8) is 0 Å². The van der Waals surface area contributed by atoms with E-state index in [2.05, 4.69) is 0 Å². The summed E-state index contributed by atoms with van der Waals surface area (Å²) < 4.78 is 5.11. The van der Waals surface area contributed by atoms with Crippen LogP contribution in [0.25, 0.3) is 0 Å². The van der Waals surface area contributed by atoms with Crippen molar-refractivity contribution in [2.24, 2.45) is 0 Å². The number of ether oxygens (including phenoxy) is 1. The predicted molar refractivity (Wildman–Crippen MR) is 82.6 cm³/mol. The number of nitrogen functional groups attached to an aromatic ring is 1. The Kier molecular flexibility index (Phi) is 4.27. The maximum absolute atomic E-state index is 11.2. The van der Waals surface area contributed by atoms with Gasteiger partial charge in [-0.05, 0) is 29.8 Å². The van der Waals surface area contributed by atoms with Crippen LogP contribution in [0.4, 0.5) is 17.1 Å². The molecular weight excluding hydrogens is 270 g/mol. The second kappa shape index (κ2) is 6.13. The zero-order chi connectivity index (χ0) is 15.4. The number of methoxy groups -OCH3 is 1. The van der Waals surface area contributed by atoms with Crippen molar-refractivity contribution in [2.45, 2.75) is 6.54 Å². The second-order valence-electron chi connectivity index (χ2n) is 4.68. The molecule has 2 aromatic rings. The number of nitro benzene ring substituents is 1. The number of anilines is 2. The lowest BCUT2D eigenvalue weighted by Gasteiger charge is -2.20. The monoisotopic (exact) mass is 287 g/mol. The maximum atomic E-state index is 11.2. The van der Waals surface area contributed by atoms with Gasteiger partial charge in [0.2, 0.25) is 0 Å². The Morgan fingerprint density at radius 1 is 1.24 bits per heavy atom. The SMILES string of the molecule is COc1ccc(CN(C)c2cccc(N)c2[N+](=O)[O-])cc1. The molecule has 0 aliphatic rings. The van der Waals surface area contributed by atoms with E-state index >= 15 is 0 Å². The van der Waals surface area contributed by atoms with Gasteiger partial charge < -0.3 is 15.4 Å². The van der Waals surface area contributed by atoms with Gasteiger partial charge in [0.25, 0.3) is 0 Å². The van der Waals surface area contributed by atoms with Gasteiger partial charge in [0, 0.05) is 13.6 Å². The average Bonchev–Trinajstić information content (AvgIpc) is 2.47. The lowest BCUT2D eigenvalue weighted by atomic mass is 10.1. The minimum absolute atomic E-state index is 0.0616. The van der Waals surface area contributed by atoms with Crippen LogP contribution in [0.2, 0.25) is 0 Å². The minimum atomic E-state index is -0.449. The third kappa shape index (κ3) is 3.22. The predicted octanol–water partition coefficient (Wildman–Crippen LogP) is 2.82. The highest BCUT2D eigenvalue weighted by Gasteiger charge is 2.20. The fraction of sp³-hybridized carbons (Fsp3) is 0.200. The Morgan fingerprint density at radius 3 is 2.48 bits per heavy atom. The van der Waals surface area contributed by atoms with E-state index in [1.807, 2.05) is 24.3 Å². The van der Waals surface area contributed by atoms with Crippen LogP contribution < -0.4 is 15.4 Å². The zero-order valence-corrected chi connectivity index (χ0v) is 11.9. The third-order valence-electron chi connectivity index (χ3n) is 3.22. The van der Waals surface area contributed by atoms with Crippen LogP contribution in [0.5, 0.6) is 5.75 Å². The lowest BCUT2D eigenvalue weighted by Crippen LogP contribution is -2.18. The van der Waals surface area contributed by atoms with Gasteiger partial charge in [0.1, 0.15) is 17.1 Å². The molecule has 0 spiro atoms. The van der Waals surface area contributed by atoms with Crippen LogP contribution in [0.15, 0.2) is 42.5 Å². The molecule has 21 heavy (non-hydrogen) atoms. The first-order chi connectivity index (χ1) is 10.0. The highest BCUT2D eigenvalue weighted by atomic mass is 16.6. The summed E-state index contributed by atoms with van der Waals surface area (Å²) >= 11 is 0. The minimum Gasteiger partial charge on any atom is -0.497 e. The van der Waals surface area contributed by atoms with Crippen LogP contribution in [-0.4, -0.2) is 19.1 Å². The van der Waals surface area contributed by atoms with Crippen LogP contribution in [0.3, 0.4) is 0 Å². The number of hydrogen-bond acceptors (Lipinski definition) is 5. The van der Waals surface area contributed by atoms with Gasteiger partial charge in [-0.3, -0.25) is 10.1 Å². The van der Waals surface area contributed by atoms with E-state index in [0.29, 0.717) is 12.2 Å². The summed E-state index contributed by atoms with van der Waals surface area (Å²) in [5, 5.41) is 11.2. The van der Waals surface area contributed by atoms with Crippen LogP contribution in [0, 0.1) is 10.1 Å². The molecule has 0 fully saturated rings. The van der Waals surface area contributed by atoms with Crippen LogP contribution in [0.1, 0.15) is 5.56 Å². The molecule has 0 amide bonds.